The first kappa shape index (κ1) is 13.8. The Kier molecular flexibility index (Phi) is 3.68. The van der Waals surface area contributed by atoms with Gasteiger partial charge in [0.2, 0.25) is 5.03 Å². The molecule has 1 atom stereocenters. The molecule has 1 aromatic heterocycles. The Morgan fingerprint density at radius 3 is 2.72 bits per heavy atom. The third-order valence-corrected chi connectivity index (χ3v) is 5.41. The maximum absolute atomic E-state index is 12.2. The maximum atomic E-state index is 12.2. The molecule has 1 aromatic rings. The van der Waals surface area contributed by atoms with E-state index in [1.165, 1.54) is 17.9 Å². The van der Waals surface area contributed by atoms with E-state index in [1.807, 2.05) is 0 Å². The first-order valence-corrected chi connectivity index (χ1v) is 7.47. The molecule has 0 spiro atoms. The van der Waals surface area contributed by atoms with Crippen molar-refractivity contribution in [3.05, 3.63) is 11.5 Å². The summed E-state index contributed by atoms with van der Waals surface area (Å²) in [4.78, 5) is 3.80. The van der Waals surface area contributed by atoms with E-state index in [-0.39, 0.29) is 22.6 Å². The molecule has 1 aliphatic rings. The second-order valence-electron chi connectivity index (χ2n) is 4.64. The average Bonchev–Trinajstić information content (AvgIpc) is 3.07. The van der Waals surface area contributed by atoms with Gasteiger partial charge < -0.3 is 9.67 Å². The fourth-order valence-corrected chi connectivity index (χ4v) is 3.27. The highest BCUT2D eigenvalue weighted by Gasteiger charge is 2.34. The molecule has 0 aliphatic heterocycles. The second kappa shape index (κ2) is 4.80. The largest absolute Gasteiger partial charge is 0.391 e. The number of aromatic nitrogens is 2. The summed E-state index contributed by atoms with van der Waals surface area (Å²) < 4.78 is 26.9. The van der Waals surface area contributed by atoms with Crippen LogP contribution in [0.25, 0.3) is 0 Å². The molecule has 102 valence electrons. The van der Waals surface area contributed by atoms with Gasteiger partial charge in [-0.3, -0.25) is 0 Å². The summed E-state index contributed by atoms with van der Waals surface area (Å²) >= 11 is 5.88. The van der Waals surface area contributed by atoms with E-state index < -0.39 is 16.1 Å². The van der Waals surface area contributed by atoms with Crippen molar-refractivity contribution in [2.45, 2.75) is 24.0 Å². The minimum atomic E-state index is -3.74. The molecule has 1 fully saturated rings. The lowest BCUT2D eigenvalue weighted by atomic mass is 10.2. The normalized spacial score (nSPS) is 18.3. The molecule has 18 heavy (non-hydrogen) atoms. The number of sulfonamides is 1. The van der Waals surface area contributed by atoms with Crippen LogP contribution in [-0.4, -0.2) is 47.1 Å². The number of aliphatic hydroxyl groups is 1. The van der Waals surface area contributed by atoms with E-state index in [0.717, 1.165) is 17.1 Å². The SMILES string of the molecule is CN(CC(O)C1CC1)S(=O)(=O)c1ncn(C)c1Cl. The molecule has 1 saturated carbocycles. The first-order valence-electron chi connectivity index (χ1n) is 5.65. The smallest absolute Gasteiger partial charge is 0.263 e. The van der Waals surface area contributed by atoms with Crippen molar-refractivity contribution in [3.63, 3.8) is 0 Å². The third kappa shape index (κ3) is 2.54. The Labute approximate surface area is 111 Å². The summed E-state index contributed by atoms with van der Waals surface area (Å²) in [5.74, 6) is 0.224. The summed E-state index contributed by atoms with van der Waals surface area (Å²) in [6, 6.07) is 0. The molecule has 0 aromatic carbocycles. The molecule has 0 saturated heterocycles. The van der Waals surface area contributed by atoms with Crippen molar-refractivity contribution in [2.24, 2.45) is 13.0 Å². The van der Waals surface area contributed by atoms with Crippen molar-refractivity contribution in [1.29, 1.82) is 0 Å². The number of likely N-dealkylation sites (N-methyl/N-ethyl adjacent to an activating group) is 1. The number of rotatable bonds is 5. The number of aryl methyl sites for hydroxylation is 1. The van der Waals surface area contributed by atoms with Crippen molar-refractivity contribution in [2.75, 3.05) is 13.6 Å². The van der Waals surface area contributed by atoms with Crippen molar-refractivity contribution >= 4 is 21.6 Å². The molecule has 1 aliphatic carbocycles. The lowest BCUT2D eigenvalue weighted by molar-refractivity contribution is 0.131. The van der Waals surface area contributed by atoms with Gasteiger partial charge in [0.1, 0.15) is 5.15 Å². The molecule has 2 rings (SSSR count). The number of aliphatic hydroxyl groups excluding tert-OH is 1. The predicted octanol–water partition coefficient (Wildman–Crippen LogP) is 0.465. The quantitative estimate of drug-likeness (QED) is 0.856. The molecule has 0 radical (unpaired) electrons. The van der Waals surface area contributed by atoms with E-state index in [0.29, 0.717) is 0 Å². The van der Waals surface area contributed by atoms with Gasteiger partial charge >= 0.3 is 0 Å². The van der Waals surface area contributed by atoms with Gasteiger partial charge in [-0.15, -0.1) is 0 Å². The molecule has 1 heterocycles. The zero-order valence-electron chi connectivity index (χ0n) is 10.2. The van der Waals surface area contributed by atoms with E-state index >= 15 is 0 Å². The highest BCUT2D eigenvalue weighted by Crippen LogP contribution is 2.33. The van der Waals surface area contributed by atoms with Crippen LogP contribution in [0.5, 0.6) is 0 Å². The zero-order valence-corrected chi connectivity index (χ0v) is 11.8. The standard InChI is InChI=1S/C10H16ClN3O3S/c1-13-6-12-10(9(13)11)18(16,17)14(2)5-8(15)7-3-4-7/h6-8,15H,3-5H2,1-2H3. The highest BCUT2D eigenvalue weighted by atomic mass is 35.5. The lowest BCUT2D eigenvalue weighted by Crippen LogP contribution is -2.35. The van der Waals surface area contributed by atoms with E-state index in [9.17, 15) is 13.5 Å². The molecule has 0 amide bonds. The predicted molar refractivity (Wildman–Crippen MR) is 66.8 cm³/mol. The van der Waals surface area contributed by atoms with E-state index in [4.69, 9.17) is 11.6 Å². The summed E-state index contributed by atoms with van der Waals surface area (Å²) in [7, 11) is -0.699. The number of nitrogens with zero attached hydrogens (tertiary/aromatic N) is 3. The van der Waals surface area contributed by atoms with Crippen LogP contribution in [0, 0.1) is 5.92 Å². The van der Waals surface area contributed by atoms with Crippen molar-refractivity contribution < 1.29 is 13.5 Å². The monoisotopic (exact) mass is 293 g/mol. The fourth-order valence-electron chi connectivity index (χ4n) is 1.71. The zero-order chi connectivity index (χ0) is 13.5. The van der Waals surface area contributed by atoms with Crippen molar-refractivity contribution in [1.82, 2.24) is 13.9 Å². The number of hydrogen-bond acceptors (Lipinski definition) is 4. The highest BCUT2D eigenvalue weighted by molar-refractivity contribution is 7.89. The van der Waals surface area contributed by atoms with Gasteiger partial charge in [-0.05, 0) is 18.8 Å². The first-order chi connectivity index (χ1) is 8.34. The molecular formula is C10H16ClN3O3S. The number of imidazole rings is 1. The number of halogens is 1. The lowest BCUT2D eigenvalue weighted by Gasteiger charge is -2.19. The minimum Gasteiger partial charge on any atom is -0.391 e. The second-order valence-corrected chi connectivity index (χ2v) is 6.96. The van der Waals surface area contributed by atoms with Gasteiger partial charge in [-0.1, -0.05) is 11.6 Å². The van der Waals surface area contributed by atoms with Crippen LogP contribution in [0.2, 0.25) is 5.15 Å². The topological polar surface area (TPSA) is 75.4 Å². The summed E-state index contributed by atoms with van der Waals surface area (Å²) in [5.41, 5.74) is 0. The van der Waals surface area contributed by atoms with Gasteiger partial charge in [0, 0.05) is 20.6 Å². The van der Waals surface area contributed by atoms with E-state index in [2.05, 4.69) is 4.98 Å². The van der Waals surface area contributed by atoms with Gasteiger partial charge in [0.15, 0.2) is 0 Å². The number of hydrogen-bond donors (Lipinski definition) is 1. The summed E-state index contributed by atoms with van der Waals surface area (Å²) in [6.45, 7) is 0.0693. The molecule has 0 bridgehead atoms. The molecule has 1 unspecified atom stereocenters. The summed E-state index contributed by atoms with van der Waals surface area (Å²) in [6.07, 6.45) is 2.64. The van der Waals surface area contributed by atoms with Crippen LogP contribution in [0.1, 0.15) is 12.8 Å². The Bertz CT molecular complexity index is 539. The summed E-state index contributed by atoms with van der Waals surface area (Å²) in [5, 5.41) is 9.68. The van der Waals surface area contributed by atoms with Gasteiger partial charge in [-0.2, -0.15) is 4.31 Å². The van der Waals surface area contributed by atoms with Crippen LogP contribution in [0.3, 0.4) is 0 Å². The van der Waals surface area contributed by atoms with E-state index in [1.54, 1.807) is 7.05 Å². The van der Waals surface area contributed by atoms with Gasteiger partial charge in [0.05, 0.1) is 12.4 Å². The van der Waals surface area contributed by atoms with Crippen LogP contribution in [0.4, 0.5) is 0 Å². The van der Waals surface area contributed by atoms with Crippen LogP contribution in [0.15, 0.2) is 11.4 Å². The molecular weight excluding hydrogens is 278 g/mol. The molecule has 6 nitrogen and oxygen atoms in total. The van der Waals surface area contributed by atoms with Crippen LogP contribution in [-0.2, 0) is 17.1 Å². The minimum absolute atomic E-state index is 0.0693. The third-order valence-electron chi connectivity index (χ3n) is 3.10. The molecule has 1 N–H and O–H groups in total. The maximum Gasteiger partial charge on any atom is 0.263 e. The average molecular weight is 294 g/mol. The van der Waals surface area contributed by atoms with Gasteiger partial charge in [0.25, 0.3) is 10.0 Å². The van der Waals surface area contributed by atoms with Crippen molar-refractivity contribution in [3.8, 4) is 0 Å². The van der Waals surface area contributed by atoms with Crippen LogP contribution >= 0.6 is 11.6 Å². The Balaban J connectivity index is 2.17. The van der Waals surface area contributed by atoms with Gasteiger partial charge in [-0.25, -0.2) is 13.4 Å². The fraction of sp³-hybridized carbons (Fsp3) is 0.700. The Morgan fingerprint density at radius 1 is 1.67 bits per heavy atom. The molecule has 8 heteroatoms. The Morgan fingerprint density at radius 2 is 2.28 bits per heavy atom. The Hall–Kier alpha value is -0.630. The van der Waals surface area contributed by atoms with Crippen LogP contribution < -0.4 is 0 Å².